The molecule has 0 saturated carbocycles. The number of fused-ring (bicyclic) bond motifs is 1. The third-order valence-corrected chi connectivity index (χ3v) is 6.98. The Kier molecular flexibility index (Phi) is 5.63. The molecule has 1 aliphatic carbocycles. The van der Waals surface area contributed by atoms with Gasteiger partial charge in [-0.05, 0) is 49.8 Å². The highest BCUT2D eigenvalue weighted by atomic mass is 32.2. The van der Waals surface area contributed by atoms with Gasteiger partial charge >= 0.3 is 0 Å². The molecule has 0 unspecified atom stereocenters. The largest absolute Gasteiger partial charge is 0.331 e. The lowest BCUT2D eigenvalue weighted by molar-refractivity contribution is -0.385. The Morgan fingerprint density at radius 1 is 1.31 bits per heavy atom. The molecule has 2 saturated heterocycles. The number of carbonyl (C=O) groups excluding carboxylic acids is 2. The Hall–Kier alpha value is -2.35. The molecule has 1 aromatic rings. The zero-order valence-electron chi connectivity index (χ0n) is 16.6. The van der Waals surface area contributed by atoms with E-state index in [9.17, 15) is 19.7 Å². The molecule has 0 radical (unpaired) electrons. The summed E-state index contributed by atoms with van der Waals surface area (Å²) in [6.07, 6.45) is 5.32. The van der Waals surface area contributed by atoms with Gasteiger partial charge in [0.25, 0.3) is 5.69 Å². The van der Waals surface area contributed by atoms with Gasteiger partial charge in [-0.1, -0.05) is 11.6 Å². The van der Waals surface area contributed by atoms with Crippen molar-refractivity contribution in [2.45, 2.75) is 45.1 Å². The lowest BCUT2D eigenvalue weighted by atomic mass is 10.0. The number of hydrogen-bond acceptors (Lipinski definition) is 5. The van der Waals surface area contributed by atoms with Gasteiger partial charge in [-0.2, -0.15) is 0 Å². The Bertz CT molecular complexity index is 892. The van der Waals surface area contributed by atoms with Crippen LogP contribution in [0.1, 0.15) is 42.4 Å². The molecule has 0 spiro atoms. The van der Waals surface area contributed by atoms with Crippen molar-refractivity contribution in [3.05, 3.63) is 44.5 Å². The Morgan fingerprint density at radius 3 is 2.86 bits per heavy atom. The predicted molar refractivity (Wildman–Crippen MR) is 113 cm³/mol. The molecule has 0 aromatic heterocycles. The van der Waals surface area contributed by atoms with Crippen LogP contribution in [0.25, 0.3) is 6.08 Å². The molecule has 2 amide bonds. The van der Waals surface area contributed by atoms with Crippen LogP contribution in [-0.4, -0.2) is 57.3 Å². The zero-order chi connectivity index (χ0) is 20.5. The second kappa shape index (κ2) is 8.18. The molecule has 8 heteroatoms. The predicted octanol–water partition coefficient (Wildman–Crippen LogP) is 3.15. The average molecular weight is 416 g/mol. The van der Waals surface area contributed by atoms with Crippen molar-refractivity contribution in [1.82, 2.24) is 9.80 Å². The van der Waals surface area contributed by atoms with Gasteiger partial charge in [0.15, 0.2) is 0 Å². The molecule has 2 fully saturated rings. The van der Waals surface area contributed by atoms with Crippen LogP contribution in [0.3, 0.4) is 0 Å². The molecular formula is C21H25N3O4S. The van der Waals surface area contributed by atoms with E-state index >= 15 is 0 Å². The number of carbonyl (C=O) groups is 2. The number of allylic oxidation sites excluding steroid dienone is 1. The fourth-order valence-electron chi connectivity index (χ4n) is 4.45. The summed E-state index contributed by atoms with van der Waals surface area (Å²) < 4.78 is 0. The van der Waals surface area contributed by atoms with Gasteiger partial charge < -0.3 is 9.80 Å². The normalized spacial score (nSPS) is 20.7. The number of nitrogens with zero attached hydrogens (tertiary/aromatic N) is 3. The fourth-order valence-corrected chi connectivity index (χ4v) is 5.41. The van der Waals surface area contributed by atoms with Gasteiger partial charge in [0.05, 0.1) is 10.8 Å². The summed E-state index contributed by atoms with van der Waals surface area (Å²) in [4.78, 5) is 40.0. The summed E-state index contributed by atoms with van der Waals surface area (Å²) in [6.45, 7) is 3.18. The molecule has 2 aliphatic heterocycles. The van der Waals surface area contributed by atoms with Gasteiger partial charge in [0, 0.05) is 36.9 Å². The number of nitro benzene ring substituents is 1. The molecule has 29 heavy (non-hydrogen) atoms. The third kappa shape index (κ3) is 4.03. The summed E-state index contributed by atoms with van der Waals surface area (Å²) >= 11 is 1.76. The van der Waals surface area contributed by atoms with Gasteiger partial charge in [-0.15, -0.1) is 11.8 Å². The molecular weight excluding hydrogens is 390 g/mol. The summed E-state index contributed by atoms with van der Waals surface area (Å²) in [5.74, 6) is 1.83. The van der Waals surface area contributed by atoms with Crippen molar-refractivity contribution in [2.24, 2.45) is 0 Å². The van der Waals surface area contributed by atoms with Gasteiger partial charge in [-0.3, -0.25) is 19.7 Å². The first-order valence-electron chi connectivity index (χ1n) is 10.1. The molecule has 0 N–H and O–H groups in total. The maximum Gasteiger partial charge on any atom is 0.272 e. The summed E-state index contributed by atoms with van der Waals surface area (Å²) in [6, 6.07) is 3.20. The highest BCUT2D eigenvalue weighted by Crippen LogP contribution is 2.33. The number of aryl methyl sites for hydroxylation is 1. The van der Waals surface area contributed by atoms with Crippen LogP contribution in [0.2, 0.25) is 0 Å². The quantitative estimate of drug-likeness (QED) is 0.545. The second-order valence-corrected chi connectivity index (χ2v) is 9.03. The fraction of sp³-hybridized carbons (Fsp3) is 0.524. The van der Waals surface area contributed by atoms with Crippen molar-refractivity contribution in [2.75, 3.05) is 24.7 Å². The van der Waals surface area contributed by atoms with E-state index in [1.807, 2.05) is 17.0 Å². The first-order valence-corrected chi connectivity index (χ1v) is 11.2. The standard InChI is InChI=1S/C21H25N3O4S/c1-14-9-16-10-15(11-17(16)12-19(14)24(27)28)4-5-20(25)23-6-2-3-18(23)21(26)22-7-8-29-13-22/h9-10,12,18H,2-8,11,13H2,1H3/t18-/m0/s1. The highest BCUT2D eigenvalue weighted by molar-refractivity contribution is 7.99. The Labute approximate surface area is 174 Å². The van der Waals surface area contributed by atoms with Crippen molar-refractivity contribution in [3.8, 4) is 0 Å². The number of amides is 2. The van der Waals surface area contributed by atoms with Crippen LogP contribution in [0.15, 0.2) is 17.7 Å². The molecule has 7 nitrogen and oxygen atoms in total. The molecule has 0 bridgehead atoms. The van der Waals surface area contributed by atoms with Crippen molar-refractivity contribution in [1.29, 1.82) is 0 Å². The molecule has 154 valence electrons. The van der Waals surface area contributed by atoms with Crippen LogP contribution in [0.5, 0.6) is 0 Å². The smallest absolute Gasteiger partial charge is 0.272 e. The van der Waals surface area contributed by atoms with Gasteiger partial charge in [0.1, 0.15) is 6.04 Å². The third-order valence-electron chi connectivity index (χ3n) is 6.01. The summed E-state index contributed by atoms with van der Waals surface area (Å²) in [5, 5.41) is 11.2. The lowest BCUT2D eigenvalue weighted by Crippen LogP contribution is -2.46. The van der Waals surface area contributed by atoms with E-state index in [-0.39, 0.29) is 28.5 Å². The molecule has 1 aromatic carbocycles. The van der Waals surface area contributed by atoms with Crippen molar-refractivity contribution < 1.29 is 14.5 Å². The minimum absolute atomic E-state index is 0.0340. The number of thioether (sulfide) groups is 1. The molecule has 4 rings (SSSR count). The van der Waals surface area contributed by atoms with Crippen LogP contribution < -0.4 is 0 Å². The topological polar surface area (TPSA) is 83.8 Å². The van der Waals surface area contributed by atoms with Gasteiger partial charge in [0.2, 0.25) is 11.8 Å². The monoisotopic (exact) mass is 415 g/mol. The maximum absolute atomic E-state index is 12.8. The minimum Gasteiger partial charge on any atom is -0.331 e. The lowest BCUT2D eigenvalue weighted by Gasteiger charge is -2.27. The number of hydrogen-bond donors (Lipinski definition) is 0. The van der Waals surface area contributed by atoms with E-state index in [0.717, 1.165) is 47.7 Å². The van der Waals surface area contributed by atoms with Crippen molar-refractivity contribution >= 4 is 35.3 Å². The van der Waals surface area contributed by atoms with Crippen LogP contribution >= 0.6 is 11.8 Å². The van der Waals surface area contributed by atoms with E-state index in [2.05, 4.69) is 0 Å². The van der Waals surface area contributed by atoms with E-state index in [1.54, 1.807) is 29.7 Å². The summed E-state index contributed by atoms with van der Waals surface area (Å²) in [7, 11) is 0. The first kappa shape index (κ1) is 19.9. The number of rotatable bonds is 5. The van der Waals surface area contributed by atoms with Gasteiger partial charge in [-0.25, -0.2) is 0 Å². The first-order chi connectivity index (χ1) is 13.9. The van der Waals surface area contributed by atoms with E-state index < -0.39 is 0 Å². The van der Waals surface area contributed by atoms with E-state index in [0.29, 0.717) is 31.4 Å². The number of benzene rings is 1. The maximum atomic E-state index is 12.8. The summed E-state index contributed by atoms with van der Waals surface area (Å²) in [5.41, 5.74) is 3.88. The molecule has 3 aliphatic rings. The Morgan fingerprint density at radius 2 is 2.14 bits per heavy atom. The SMILES string of the molecule is Cc1cc2c(cc1[N+](=O)[O-])CC(CCC(=O)N1CCC[C@H]1C(=O)N1CCSC1)=C2. The highest BCUT2D eigenvalue weighted by Gasteiger charge is 2.37. The van der Waals surface area contributed by atoms with Crippen molar-refractivity contribution in [3.63, 3.8) is 0 Å². The average Bonchev–Trinajstić information content (AvgIpc) is 3.44. The van der Waals surface area contributed by atoms with Crippen LogP contribution in [0.4, 0.5) is 5.69 Å². The number of likely N-dealkylation sites (tertiary alicyclic amines) is 1. The minimum atomic E-state index is -0.347. The number of nitro groups is 1. The second-order valence-electron chi connectivity index (χ2n) is 7.96. The van der Waals surface area contributed by atoms with Crippen LogP contribution in [0, 0.1) is 17.0 Å². The van der Waals surface area contributed by atoms with E-state index in [4.69, 9.17) is 0 Å². The van der Waals surface area contributed by atoms with Crippen LogP contribution in [-0.2, 0) is 16.0 Å². The Balaban J connectivity index is 1.36. The zero-order valence-corrected chi connectivity index (χ0v) is 17.4. The molecule has 1 atom stereocenters. The van der Waals surface area contributed by atoms with E-state index in [1.165, 1.54) is 0 Å². The molecule has 2 heterocycles.